The lowest BCUT2D eigenvalue weighted by Gasteiger charge is -2.46. The van der Waals surface area contributed by atoms with E-state index in [2.05, 4.69) is 0 Å². The standard InChI is InChI=1S/C15H20O5/c1-9-12(16)13-11(19-14(9)17-2)8-18-15(20-13)10-6-4-3-5-7-10/h3-7,9,11-16H,8H2,1-2H3/t9?,11?,12-,13+,14+,15?/m1/s1. The molecule has 2 saturated heterocycles. The lowest BCUT2D eigenvalue weighted by Crippen LogP contribution is -2.58. The predicted molar refractivity (Wildman–Crippen MR) is 70.8 cm³/mol. The van der Waals surface area contributed by atoms with Gasteiger partial charge in [-0.2, -0.15) is 0 Å². The molecule has 0 radical (unpaired) electrons. The second kappa shape index (κ2) is 5.79. The number of rotatable bonds is 2. The van der Waals surface area contributed by atoms with Gasteiger partial charge in [-0.05, 0) is 0 Å². The van der Waals surface area contributed by atoms with Gasteiger partial charge in [-0.15, -0.1) is 0 Å². The summed E-state index contributed by atoms with van der Waals surface area (Å²) in [5.74, 6) is -0.143. The van der Waals surface area contributed by atoms with Gasteiger partial charge < -0.3 is 24.1 Å². The van der Waals surface area contributed by atoms with Gasteiger partial charge in [-0.25, -0.2) is 0 Å². The van der Waals surface area contributed by atoms with E-state index in [1.165, 1.54) is 0 Å². The Morgan fingerprint density at radius 1 is 1.20 bits per heavy atom. The molecule has 0 aliphatic carbocycles. The van der Waals surface area contributed by atoms with E-state index in [0.29, 0.717) is 6.61 Å². The van der Waals surface area contributed by atoms with Gasteiger partial charge in [-0.3, -0.25) is 0 Å². The fourth-order valence-electron chi connectivity index (χ4n) is 2.78. The van der Waals surface area contributed by atoms with Crippen LogP contribution in [0.2, 0.25) is 0 Å². The Balaban J connectivity index is 1.74. The van der Waals surface area contributed by atoms with Gasteiger partial charge in [0.1, 0.15) is 12.2 Å². The zero-order chi connectivity index (χ0) is 14.1. The van der Waals surface area contributed by atoms with E-state index in [0.717, 1.165) is 5.56 Å². The summed E-state index contributed by atoms with van der Waals surface area (Å²) in [5, 5.41) is 10.4. The van der Waals surface area contributed by atoms with Crippen molar-refractivity contribution in [3.8, 4) is 0 Å². The third-order valence-electron chi connectivity index (χ3n) is 3.98. The fourth-order valence-corrected chi connectivity index (χ4v) is 2.78. The lowest BCUT2D eigenvalue weighted by atomic mass is 9.91. The van der Waals surface area contributed by atoms with E-state index in [4.69, 9.17) is 18.9 Å². The van der Waals surface area contributed by atoms with Gasteiger partial charge in [0.25, 0.3) is 0 Å². The molecule has 1 aromatic rings. The first kappa shape index (κ1) is 14.0. The van der Waals surface area contributed by atoms with Crippen molar-refractivity contribution in [3.05, 3.63) is 35.9 Å². The molecule has 6 atom stereocenters. The summed E-state index contributed by atoms with van der Waals surface area (Å²) in [6.07, 6.45) is -2.20. The zero-order valence-corrected chi connectivity index (χ0v) is 11.6. The second-order valence-electron chi connectivity index (χ2n) is 5.30. The molecule has 110 valence electrons. The maximum absolute atomic E-state index is 10.4. The number of fused-ring (bicyclic) bond motifs is 1. The van der Waals surface area contributed by atoms with Crippen LogP contribution >= 0.6 is 0 Å². The molecule has 0 spiro atoms. The zero-order valence-electron chi connectivity index (χ0n) is 11.6. The summed E-state index contributed by atoms with van der Waals surface area (Å²) in [6, 6.07) is 9.71. The van der Waals surface area contributed by atoms with E-state index in [1.54, 1.807) is 7.11 Å². The largest absolute Gasteiger partial charge is 0.390 e. The van der Waals surface area contributed by atoms with Crippen LogP contribution in [0, 0.1) is 5.92 Å². The highest BCUT2D eigenvalue weighted by Gasteiger charge is 2.47. The van der Waals surface area contributed by atoms with Gasteiger partial charge in [0.05, 0.1) is 12.7 Å². The van der Waals surface area contributed by atoms with Crippen molar-refractivity contribution in [2.75, 3.05) is 13.7 Å². The SMILES string of the molecule is CO[C@H]1OC2COC(c3ccccc3)O[C@@H]2[C@H](O)C1C. The molecule has 5 nitrogen and oxygen atoms in total. The highest BCUT2D eigenvalue weighted by atomic mass is 16.7. The van der Waals surface area contributed by atoms with Gasteiger partial charge in [0.15, 0.2) is 12.6 Å². The molecule has 0 saturated carbocycles. The van der Waals surface area contributed by atoms with Crippen LogP contribution in [-0.2, 0) is 18.9 Å². The number of ether oxygens (including phenoxy) is 4. The maximum atomic E-state index is 10.4. The quantitative estimate of drug-likeness (QED) is 0.889. The van der Waals surface area contributed by atoms with Crippen molar-refractivity contribution in [1.29, 1.82) is 0 Å². The third-order valence-corrected chi connectivity index (χ3v) is 3.98. The molecule has 3 unspecified atom stereocenters. The first-order valence-corrected chi connectivity index (χ1v) is 6.89. The van der Waals surface area contributed by atoms with Crippen molar-refractivity contribution in [2.45, 2.75) is 37.8 Å². The molecule has 1 aromatic carbocycles. The van der Waals surface area contributed by atoms with E-state index in [9.17, 15) is 5.11 Å². The van der Waals surface area contributed by atoms with Crippen molar-refractivity contribution in [2.24, 2.45) is 5.92 Å². The minimum absolute atomic E-state index is 0.143. The van der Waals surface area contributed by atoms with E-state index < -0.39 is 24.8 Å². The molecule has 0 amide bonds. The van der Waals surface area contributed by atoms with Gasteiger partial charge in [0, 0.05) is 18.6 Å². The summed E-state index contributed by atoms with van der Waals surface area (Å²) in [5.41, 5.74) is 0.944. The number of methoxy groups -OCH3 is 1. The Labute approximate surface area is 118 Å². The fraction of sp³-hybridized carbons (Fsp3) is 0.600. The maximum Gasteiger partial charge on any atom is 0.184 e. The van der Waals surface area contributed by atoms with Crippen molar-refractivity contribution < 1.29 is 24.1 Å². The minimum atomic E-state index is -0.631. The second-order valence-corrected chi connectivity index (χ2v) is 5.30. The average Bonchev–Trinajstić information content (AvgIpc) is 2.51. The Morgan fingerprint density at radius 2 is 1.95 bits per heavy atom. The molecule has 0 bridgehead atoms. The molecular weight excluding hydrogens is 260 g/mol. The summed E-state index contributed by atoms with van der Waals surface area (Å²) < 4.78 is 22.6. The summed E-state index contributed by atoms with van der Waals surface area (Å²) in [4.78, 5) is 0. The van der Waals surface area contributed by atoms with E-state index >= 15 is 0 Å². The number of hydrogen-bond donors (Lipinski definition) is 1. The summed E-state index contributed by atoms with van der Waals surface area (Å²) in [6.45, 7) is 2.28. The number of aliphatic hydroxyl groups is 1. The van der Waals surface area contributed by atoms with Crippen LogP contribution in [-0.4, -0.2) is 43.4 Å². The van der Waals surface area contributed by atoms with Gasteiger partial charge >= 0.3 is 0 Å². The van der Waals surface area contributed by atoms with E-state index in [1.807, 2.05) is 37.3 Å². The summed E-state index contributed by atoms with van der Waals surface area (Å²) in [7, 11) is 1.57. The lowest BCUT2D eigenvalue weighted by molar-refractivity contribution is -0.348. The Hall–Kier alpha value is -0.980. The number of benzene rings is 1. The molecule has 2 heterocycles. The molecule has 20 heavy (non-hydrogen) atoms. The first-order chi connectivity index (χ1) is 9.70. The van der Waals surface area contributed by atoms with Crippen molar-refractivity contribution in [3.63, 3.8) is 0 Å². The van der Waals surface area contributed by atoms with Gasteiger partial charge in [-0.1, -0.05) is 37.3 Å². The topological polar surface area (TPSA) is 57.2 Å². The van der Waals surface area contributed by atoms with Gasteiger partial charge in [0.2, 0.25) is 0 Å². The average molecular weight is 280 g/mol. The Bertz CT molecular complexity index is 435. The molecular formula is C15H20O5. The predicted octanol–water partition coefficient (Wildman–Crippen LogP) is 1.47. The van der Waals surface area contributed by atoms with Crippen LogP contribution in [0.25, 0.3) is 0 Å². The van der Waals surface area contributed by atoms with Crippen LogP contribution < -0.4 is 0 Å². The van der Waals surface area contributed by atoms with Crippen molar-refractivity contribution >= 4 is 0 Å². The molecule has 2 fully saturated rings. The normalized spacial score (nSPS) is 41.1. The number of aliphatic hydroxyl groups excluding tert-OH is 1. The highest BCUT2D eigenvalue weighted by Crippen LogP contribution is 2.36. The van der Waals surface area contributed by atoms with Crippen LogP contribution in [0.3, 0.4) is 0 Å². The van der Waals surface area contributed by atoms with Crippen LogP contribution in [0.15, 0.2) is 30.3 Å². The Kier molecular flexibility index (Phi) is 4.05. The monoisotopic (exact) mass is 280 g/mol. The molecule has 0 aromatic heterocycles. The van der Waals surface area contributed by atoms with Crippen LogP contribution in [0.5, 0.6) is 0 Å². The molecule has 3 rings (SSSR count). The molecule has 5 heteroatoms. The molecule has 2 aliphatic rings. The smallest absolute Gasteiger partial charge is 0.184 e. The van der Waals surface area contributed by atoms with E-state index in [-0.39, 0.29) is 12.0 Å². The number of hydrogen-bond acceptors (Lipinski definition) is 5. The van der Waals surface area contributed by atoms with Crippen molar-refractivity contribution in [1.82, 2.24) is 0 Å². The minimum Gasteiger partial charge on any atom is -0.390 e. The van der Waals surface area contributed by atoms with Crippen LogP contribution in [0.4, 0.5) is 0 Å². The molecule has 2 aliphatic heterocycles. The Morgan fingerprint density at radius 3 is 2.65 bits per heavy atom. The first-order valence-electron chi connectivity index (χ1n) is 6.89. The third kappa shape index (κ3) is 2.47. The molecule has 1 N–H and O–H groups in total. The summed E-state index contributed by atoms with van der Waals surface area (Å²) >= 11 is 0. The highest BCUT2D eigenvalue weighted by molar-refractivity contribution is 5.16. The van der Waals surface area contributed by atoms with Crippen LogP contribution in [0.1, 0.15) is 18.8 Å².